The molecule has 5 rings (SSSR count). The van der Waals surface area contributed by atoms with E-state index >= 15 is 0 Å². The summed E-state index contributed by atoms with van der Waals surface area (Å²) in [6.45, 7) is 3.15. The molecule has 0 N–H and O–H groups in total. The summed E-state index contributed by atoms with van der Waals surface area (Å²) in [6.07, 6.45) is 3.88. The number of rotatable bonds is 1. The standard InChI is InChI=1S/C4H6O.C2H4N2O4Si/c1-2-3-4-5;1-2-4-7-9(8-4)5-3(1)6-9/h2-4H,1H3;1-2H2. The highest BCUT2D eigenvalue weighted by Crippen LogP contribution is 2.37. The van der Waals surface area contributed by atoms with E-state index in [0.29, 0.717) is 13.1 Å². The van der Waals surface area contributed by atoms with Crippen molar-refractivity contribution in [3.63, 3.8) is 0 Å². The Balaban J connectivity index is 0.000000132. The Morgan fingerprint density at radius 1 is 1.14 bits per heavy atom. The minimum Gasteiger partial charge on any atom is -0.299 e. The van der Waals surface area contributed by atoms with Crippen LogP contribution in [0.4, 0.5) is 0 Å². The summed E-state index contributed by atoms with van der Waals surface area (Å²) in [5.74, 6) is 0. The van der Waals surface area contributed by atoms with Gasteiger partial charge >= 0.3 is 9.05 Å². The van der Waals surface area contributed by atoms with E-state index in [1.807, 2.05) is 0 Å². The van der Waals surface area contributed by atoms with Gasteiger partial charge in [-0.1, -0.05) is 16.5 Å². The van der Waals surface area contributed by atoms with Gasteiger partial charge < -0.3 is 0 Å². The first-order valence-electron chi connectivity index (χ1n) is 4.16. The Morgan fingerprint density at radius 2 is 1.64 bits per heavy atom. The fourth-order valence-electron chi connectivity index (χ4n) is 1.00. The van der Waals surface area contributed by atoms with Crippen LogP contribution < -0.4 is 0 Å². The van der Waals surface area contributed by atoms with Crippen LogP contribution in [0.25, 0.3) is 0 Å². The molecule has 7 nitrogen and oxygen atoms in total. The van der Waals surface area contributed by atoms with Gasteiger partial charge in [0.25, 0.3) is 0 Å². The lowest BCUT2D eigenvalue weighted by molar-refractivity contribution is -0.502. The number of hydrogen-bond acceptors (Lipinski definition) is 7. The highest BCUT2D eigenvalue weighted by Gasteiger charge is 2.72. The topological polar surface area (TPSA) is 60.5 Å². The Kier molecular flexibility index (Phi) is 2.74. The predicted octanol–water partition coefficient (Wildman–Crippen LogP) is -0.445. The minimum absolute atomic E-state index is 0.675. The van der Waals surface area contributed by atoms with Crippen molar-refractivity contribution in [2.45, 2.75) is 6.92 Å². The van der Waals surface area contributed by atoms with Crippen LogP contribution in [0, 0.1) is 0 Å². The van der Waals surface area contributed by atoms with Crippen molar-refractivity contribution in [1.29, 1.82) is 0 Å². The molecule has 0 saturated carbocycles. The van der Waals surface area contributed by atoms with Gasteiger partial charge in [0.05, 0.1) is 13.1 Å². The highest BCUT2D eigenvalue weighted by atomic mass is 28.4. The Bertz CT molecular complexity index is 227. The van der Waals surface area contributed by atoms with Crippen molar-refractivity contribution in [2.75, 3.05) is 13.1 Å². The maximum Gasteiger partial charge on any atom is 0.756 e. The number of nitrogens with zero attached hydrogens (tertiary/aromatic N) is 2. The molecular formula is C6H10N2O5Si. The van der Waals surface area contributed by atoms with E-state index in [9.17, 15) is 4.79 Å². The fourth-order valence-corrected chi connectivity index (χ4v) is 2.53. The molecule has 0 aromatic heterocycles. The van der Waals surface area contributed by atoms with Crippen LogP contribution in [-0.2, 0) is 22.9 Å². The number of aldehydes is 1. The monoisotopic (exact) mass is 218 g/mol. The molecule has 1 spiro atoms. The van der Waals surface area contributed by atoms with Crippen LogP contribution in [0.1, 0.15) is 6.92 Å². The number of allylic oxidation sites excluding steroid dienone is 2. The van der Waals surface area contributed by atoms with E-state index in [0.717, 1.165) is 6.29 Å². The van der Waals surface area contributed by atoms with Gasteiger partial charge in [0.2, 0.25) is 0 Å². The summed E-state index contributed by atoms with van der Waals surface area (Å²) >= 11 is 0. The van der Waals surface area contributed by atoms with Gasteiger partial charge in [-0.3, -0.25) is 4.79 Å². The molecule has 8 heteroatoms. The zero-order chi connectivity index (χ0) is 10.0. The second-order valence-electron chi connectivity index (χ2n) is 2.64. The van der Waals surface area contributed by atoms with Gasteiger partial charge in [-0.15, -0.1) is 0 Å². The van der Waals surface area contributed by atoms with E-state index < -0.39 is 9.05 Å². The molecule has 0 unspecified atom stereocenters. The quantitative estimate of drug-likeness (QED) is 0.336. The molecule has 5 saturated heterocycles. The van der Waals surface area contributed by atoms with E-state index in [4.69, 9.17) is 18.1 Å². The van der Waals surface area contributed by atoms with Crippen molar-refractivity contribution in [3.8, 4) is 0 Å². The average molecular weight is 218 g/mol. The second-order valence-corrected chi connectivity index (χ2v) is 4.37. The lowest BCUT2D eigenvalue weighted by atomic mass is 10.6. The van der Waals surface area contributed by atoms with Crippen LogP contribution in [-0.4, -0.2) is 38.9 Å². The van der Waals surface area contributed by atoms with Crippen molar-refractivity contribution < 1.29 is 22.9 Å². The molecule has 0 radical (unpaired) electrons. The average Bonchev–Trinajstić information content (AvgIpc) is 2.42. The number of hydroxylamine groups is 4. The number of hydrogen-bond donors (Lipinski definition) is 0. The maximum atomic E-state index is 9.32. The molecule has 78 valence electrons. The summed E-state index contributed by atoms with van der Waals surface area (Å²) in [4.78, 5) is 9.32. The summed E-state index contributed by atoms with van der Waals surface area (Å²) in [7, 11) is -2.50. The van der Waals surface area contributed by atoms with Gasteiger partial charge in [-0.2, -0.15) is 0 Å². The van der Waals surface area contributed by atoms with Crippen molar-refractivity contribution in [3.05, 3.63) is 12.2 Å². The molecule has 5 heterocycles. The number of carbonyl (C=O) groups is 1. The van der Waals surface area contributed by atoms with Crippen molar-refractivity contribution in [1.82, 2.24) is 10.5 Å². The molecule has 0 amide bonds. The summed E-state index contributed by atoms with van der Waals surface area (Å²) < 4.78 is 20.1. The lowest BCUT2D eigenvalue weighted by Crippen LogP contribution is -2.72. The molecule has 5 aliphatic heterocycles. The van der Waals surface area contributed by atoms with Crippen LogP contribution in [0.15, 0.2) is 12.2 Å². The van der Waals surface area contributed by atoms with Gasteiger partial charge in [-0.25, -0.2) is 18.1 Å². The molecular weight excluding hydrogens is 208 g/mol. The molecule has 5 aliphatic rings. The van der Waals surface area contributed by atoms with Gasteiger partial charge in [0.15, 0.2) is 0 Å². The zero-order valence-electron chi connectivity index (χ0n) is 7.58. The van der Waals surface area contributed by atoms with Gasteiger partial charge in [0, 0.05) is 0 Å². The van der Waals surface area contributed by atoms with Gasteiger partial charge in [0.1, 0.15) is 6.29 Å². The van der Waals surface area contributed by atoms with E-state index in [-0.39, 0.29) is 0 Å². The molecule has 5 fully saturated rings. The van der Waals surface area contributed by atoms with Crippen molar-refractivity contribution >= 4 is 15.3 Å². The molecule has 0 aliphatic carbocycles. The molecule has 0 aromatic carbocycles. The zero-order valence-corrected chi connectivity index (χ0v) is 8.58. The highest BCUT2D eigenvalue weighted by molar-refractivity contribution is 6.55. The van der Waals surface area contributed by atoms with Crippen LogP contribution in [0.2, 0.25) is 0 Å². The normalized spacial score (nSPS) is 42.6. The van der Waals surface area contributed by atoms with E-state index in [2.05, 4.69) is 0 Å². The maximum absolute atomic E-state index is 9.32. The van der Waals surface area contributed by atoms with Crippen LogP contribution in [0.5, 0.6) is 0 Å². The third-order valence-electron chi connectivity index (χ3n) is 1.59. The Morgan fingerprint density at radius 3 is 1.93 bits per heavy atom. The summed E-state index contributed by atoms with van der Waals surface area (Å²) in [5.41, 5.74) is 0. The van der Waals surface area contributed by atoms with Crippen LogP contribution >= 0.6 is 0 Å². The molecule has 0 aromatic rings. The van der Waals surface area contributed by atoms with Crippen molar-refractivity contribution in [2.24, 2.45) is 0 Å². The van der Waals surface area contributed by atoms with E-state index in [1.165, 1.54) is 16.5 Å². The molecule has 14 heavy (non-hydrogen) atoms. The minimum atomic E-state index is -2.50. The third-order valence-corrected chi connectivity index (χ3v) is 3.30. The SMILES string of the molecule is C1CN2O[Si]3(ON1O3)O2.CC=CC=O. The predicted molar refractivity (Wildman–Crippen MR) is 44.4 cm³/mol. The fraction of sp³-hybridized carbons (Fsp3) is 0.500. The smallest absolute Gasteiger partial charge is 0.299 e. The number of carbonyl (C=O) groups excluding carboxylic acids is 1. The first-order chi connectivity index (χ1) is 6.78. The van der Waals surface area contributed by atoms with Crippen LogP contribution in [0.3, 0.4) is 0 Å². The second kappa shape index (κ2) is 3.86. The van der Waals surface area contributed by atoms with E-state index in [1.54, 1.807) is 13.0 Å². The lowest BCUT2D eigenvalue weighted by Gasteiger charge is -2.44. The largest absolute Gasteiger partial charge is 0.756 e. The Labute approximate surface area is 81.7 Å². The summed E-state index contributed by atoms with van der Waals surface area (Å²) in [5, 5.41) is 2.78. The first kappa shape index (κ1) is 9.92. The molecule has 3 bridgehead atoms. The first-order valence-corrected chi connectivity index (χ1v) is 5.79. The molecule has 0 atom stereocenters. The third kappa shape index (κ3) is 1.76. The Hall–Kier alpha value is -0.613. The summed E-state index contributed by atoms with van der Waals surface area (Å²) in [6, 6.07) is 0. The van der Waals surface area contributed by atoms with Gasteiger partial charge in [-0.05, 0) is 13.0 Å².